The van der Waals surface area contributed by atoms with Gasteiger partial charge in [0.2, 0.25) is 0 Å². The number of nitrogens with one attached hydrogen (secondary N) is 2. The Hall–Kier alpha value is -3.01. The van der Waals surface area contributed by atoms with Gasteiger partial charge in [0, 0.05) is 24.0 Å². The number of carbonyl (C=O) groups excluding carboxylic acids is 1. The van der Waals surface area contributed by atoms with E-state index in [0.29, 0.717) is 11.3 Å². The molecule has 4 nitrogen and oxygen atoms in total. The molecule has 0 aliphatic carbocycles. The smallest absolute Gasteiger partial charge is 0.253 e. The molecule has 1 heterocycles. The molecular formula is C18H17N3O. The molecule has 2 aromatic carbocycles. The van der Waals surface area contributed by atoms with Crippen molar-refractivity contribution in [1.82, 2.24) is 5.32 Å². The Morgan fingerprint density at radius 2 is 1.95 bits per heavy atom. The van der Waals surface area contributed by atoms with Crippen LogP contribution in [0.1, 0.15) is 21.5 Å². The molecule has 0 atom stereocenters. The second kappa shape index (κ2) is 5.77. The molecule has 1 aliphatic heterocycles. The number of hydrogen-bond donors (Lipinski definition) is 3. The van der Waals surface area contributed by atoms with Crippen molar-refractivity contribution in [2.24, 2.45) is 0 Å². The van der Waals surface area contributed by atoms with Crippen molar-refractivity contribution in [3.8, 4) is 0 Å². The standard InChI is InChI=1S/C18H17N3O/c1-20-18(22)14-9-5-8-13(17(14)19)16-11-4-7-12-6-2-3-10-15(12)21-16/h2-11,21H,19H2,1H3,(H,20,22). The molecule has 22 heavy (non-hydrogen) atoms. The zero-order valence-electron chi connectivity index (χ0n) is 12.3. The molecular weight excluding hydrogens is 274 g/mol. The van der Waals surface area contributed by atoms with Crippen molar-refractivity contribution in [1.29, 1.82) is 0 Å². The number of nitrogens with two attached hydrogens (primary N) is 1. The summed E-state index contributed by atoms with van der Waals surface area (Å²) in [6.45, 7) is 0. The van der Waals surface area contributed by atoms with E-state index in [1.165, 1.54) is 0 Å². The fourth-order valence-corrected chi connectivity index (χ4v) is 2.48. The van der Waals surface area contributed by atoms with Crippen LogP contribution < -0.4 is 16.4 Å². The lowest BCUT2D eigenvalue weighted by molar-refractivity contribution is 0.0964. The molecule has 3 rings (SSSR count). The van der Waals surface area contributed by atoms with Crippen LogP contribution in [0.3, 0.4) is 0 Å². The number of allylic oxidation sites excluding steroid dienone is 2. The van der Waals surface area contributed by atoms with Crippen molar-refractivity contribution in [3.63, 3.8) is 0 Å². The van der Waals surface area contributed by atoms with Crippen molar-refractivity contribution >= 4 is 29.1 Å². The lowest BCUT2D eigenvalue weighted by atomic mass is 10.0. The molecule has 0 aromatic heterocycles. The van der Waals surface area contributed by atoms with E-state index in [1.54, 1.807) is 13.1 Å². The topological polar surface area (TPSA) is 67.2 Å². The Morgan fingerprint density at radius 1 is 1.14 bits per heavy atom. The van der Waals surface area contributed by atoms with Gasteiger partial charge in [-0.3, -0.25) is 4.79 Å². The molecule has 4 N–H and O–H groups in total. The minimum absolute atomic E-state index is 0.190. The van der Waals surface area contributed by atoms with Crippen LogP contribution in [0.25, 0.3) is 11.8 Å². The highest BCUT2D eigenvalue weighted by Crippen LogP contribution is 2.30. The van der Waals surface area contributed by atoms with Gasteiger partial charge in [0.1, 0.15) is 0 Å². The maximum Gasteiger partial charge on any atom is 0.253 e. The highest BCUT2D eigenvalue weighted by Gasteiger charge is 2.15. The zero-order valence-corrected chi connectivity index (χ0v) is 12.3. The van der Waals surface area contributed by atoms with E-state index in [0.717, 1.165) is 22.5 Å². The molecule has 110 valence electrons. The van der Waals surface area contributed by atoms with E-state index in [2.05, 4.69) is 10.6 Å². The molecule has 0 saturated carbocycles. The molecule has 1 amide bonds. The number of carbonyl (C=O) groups is 1. The highest BCUT2D eigenvalue weighted by atomic mass is 16.1. The second-order valence-electron chi connectivity index (χ2n) is 5.00. The van der Waals surface area contributed by atoms with Crippen LogP contribution in [0.15, 0.2) is 54.6 Å². The first kappa shape index (κ1) is 13.9. The number of nitrogen functional groups attached to an aromatic ring is 1. The van der Waals surface area contributed by atoms with Gasteiger partial charge < -0.3 is 16.4 Å². The quantitative estimate of drug-likeness (QED) is 0.745. The molecule has 0 spiro atoms. The largest absolute Gasteiger partial charge is 0.398 e. The average molecular weight is 291 g/mol. The summed E-state index contributed by atoms with van der Waals surface area (Å²) in [7, 11) is 1.59. The predicted molar refractivity (Wildman–Crippen MR) is 91.3 cm³/mol. The van der Waals surface area contributed by atoms with Gasteiger partial charge in [-0.25, -0.2) is 0 Å². The van der Waals surface area contributed by atoms with Gasteiger partial charge in [-0.15, -0.1) is 0 Å². The monoisotopic (exact) mass is 291 g/mol. The predicted octanol–water partition coefficient (Wildman–Crippen LogP) is 3.11. The molecule has 2 aromatic rings. The first-order valence-electron chi connectivity index (χ1n) is 7.06. The highest BCUT2D eigenvalue weighted by molar-refractivity contribution is 6.02. The van der Waals surface area contributed by atoms with Crippen LogP contribution in [0.5, 0.6) is 0 Å². The third kappa shape index (κ3) is 2.46. The molecule has 1 aliphatic rings. The van der Waals surface area contributed by atoms with E-state index in [4.69, 9.17) is 5.73 Å². The van der Waals surface area contributed by atoms with Gasteiger partial charge in [-0.1, -0.05) is 42.5 Å². The number of fused-ring (bicyclic) bond motifs is 1. The average Bonchev–Trinajstić information content (AvgIpc) is 2.76. The van der Waals surface area contributed by atoms with Crippen molar-refractivity contribution < 1.29 is 4.79 Å². The van der Waals surface area contributed by atoms with Crippen LogP contribution in [0.2, 0.25) is 0 Å². The summed E-state index contributed by atoms with van der Waals surface area (Å²) in [4.78, 5) is 11.9. The summed E-state index contributed by atoms with van der Waals surface area (Å²) in [5, 5.41) is 6.00. The Kier molecular flexibility index (Phi) is 3.66. The van der Waals surface area contributed by atoms with Gasteiger partial charge in [-0.2, -0.15) is 0 Å². The SMILES string of the molecule is CNC(=O)c1cccc(C2=CC=Cc3ccccc3N2)c1N. The van der Waals surface area contributed by atoms with Gasteiger partial charge in [0.25, 0.3) is 5.91 Å². The summed E-state index contributed by atoms with van der Waals surface area (Å²) in [6, 6.07) is 13.5. The van der Waals surface area contributed by atoms with Crippen molar-refractivity contribution in [2.75, 3.05) is 18.1 Å². The van der Waals surface area contributed by atoms with Gasteiger partial charge in [0.05, 0.1) is 11.3 Å². The minimum Gasteiger partial charge on any atom is -0.398 e. The molecule has 4 heteroatoms. The first-order valence-corrected chi connectivity index (χ1v) is 7.06. The van der Waals surface area contributed by atoms with Crippen molar-refractivity contribution in [2.45, 2.75) is 0 Å². The van der Waals surface area contributed by atoms with E-state index in [-0.39, 0.29) is 5.91 Å². The molecule has 0 saturated heterocycles. The lowest BCUT2D eigenvalue weighted by Crippen LogP contribution is -2.20. The molecule has 0 radical (unpaired) electrons. The number of anilines is 2. The summed E-state index contributed by atoms with van der Waals surface area (Å²) in [6.07, 6.45) is 5.97. The van der Waals surface area contributed by atoms with E-state index in [9.17, 15) is 4.79 Å². The Morgan fingerprint density at radius 3 is 2.77 bits per heavy atom. The molecule has 0 fully saturated rings. The van der Waals surface area contributed by atoms with Crippen LogP contribution in [-0.4, -0.2) is 13.0 Å². The zero-order chi connectivity index (χ0) is 15.5. The Labute approximate surface area is 129 Å². The Balaban J connectivity index is 2.04. The number of amides is 1. The Bertz CT molecular complexity index is 791. The normalized spacial score (nSPS) is 12.7. The van der Waals surface area contributed by atoms with Crippen molar-refractivity contribution in [3.05, 3.63) is 71.3 Å². The van der Waals surface area contributed by atoms with Gasteiger partial charge in [0.15, 0.2) is 0 Å². The fraction of sp³-hybridized carbons (Fsp3) is 0.0556. The number of para-hydroxylation sites is 2. The first-order chi connectivity index (χ1) is 10.7. The number of benzene rings is 2. The second-order valence-corrected chi connectivity index (χ2v) is 5.00. The van der Waals surface area contributed by atoms with Crippen LogP contribution in [0.4, 0.5) is 11.4 Å². The summed E-state index contributed by atoms with van der Waals surface area (Å²) >= 11 is 0. The van der Waals surface area contributed by atoms with Gasteiger partial charge in [-0.05, 0) is 23.8 Å². The van der Waals surface area contributed by atoms with Crippen LogP contribution in [-0.2, 0) is 0 Å². The van der Waals surface area contributed by atoms with Crippen LogP contribution >= 0.6 is 0 Å². The van der Waals surface area contributed by atoms with Crippen LogP contribution in [0, 0.1) is 0 Å². The molecule has 0 bridgehead atoms. The minimum atomic E-state index is -0.190. The van der Waals surface area contributed by atoms with E-state index < -0.39 is 0 Å². The third-order valence-electron chi connectivity index (χ3n) is 3.64. The van der Waals surface area contributed by atoms with Gasteiger partial charge >= 0.3 is 0 Å². The number of hydrogen-bond acceptors (Lipinski definition) is 3. The third-order valence-corrected chi connectivity index (χ3v) is 3.64. The fourth-order valence-electron chi connectivity index (χ4n) is 2.48. The maximum atomic E-state index is 11.9. The summed E-state index contributed by atoms with van der Waals surface area (Å²) in [5.74, 6) is -0.190. The lowest BCUT2D eigenvalue weighted by Gasteiger charge is -2.15. The van der Waals surface area contributed by atoms with E-state index in [1.807, 2.05) is 54.6 Å². The molecule has 0 unspecified atom stereocenters. The number of rotatable bonds is 2. The maximum absolute atomic E-state index is 11.9. The summed E-state index contributed by atoms with van der Waals surface area (Å²) < 4.78 is 0. The van der Waals surface area contributed by atoms with E-state index >= 15 is 0 Å². The summed E-state index contributed by atoms with van der Waals surface area (Å²) in [5.41, 5.74) is 10.9.